The van der Waals surface area contributed by atoms with Gasteiger partial charge in [0.2, 0.25) is 5.91 Å². The second-order valence-electron chi connectivity index (χ2n) is 6.77. The zero-order valence-corrected chi connectivity index (χ0v) is 17.3. The predicted molar refractivity (Wildman–Crippen MR) is 115 cm³/mol. The van der Waals surface area contributed by atoms with Crippen LogP contribution in [0, 0.1) is 6.92 Å². The molecule has 1 amide bonds. The molecule has 0 fully saturated rings. The van der Waals surface area contributed by atoms with Crippen LogP contribution in [0.1, 0.15) is 22.9 Å². The van der Waals surface area contributed by atoms with Crippen LogP contribution in [-0.2, 0) is 11.2 Å². The Bertz CT molecular complexity index is 1090. The fourth-order valence-electron chi connectivity index (χ4n) is 3.13. The van der Waals surface area contributed by atoms with Crippen molar-refractivity contribution in [1.29, 1.82) is 0 Å². The van der Waals surface area contributed by atoms with E-state index in [0.29, 0.717) is 23.3 Å². The Morgan fingerprint density at radius 3 is 2.47 bits per heavy atom. The van der Waals surface area contributed by atoms with Crippen LogP contribution in [0.3, 0.4) is 0 Å². The van der Waals surface area contributed by atoms with Crippen molar-refractivity contribution in [2.45, 2.75) is 24.6 Å². The molecule has 4 rings (SSSR count). The molecule has 0 aliphatic carbocycles. The predicted octanol–water partition coefficient (Wildman–Crippen LogP) is 4.83. The molecular weight excluding hydrogens is 398 g/mol. The number of hydrogen-bond donors (Lipinski definition) is 1. The van der Waals surface area contributed by atoms with E-state index in [0.717, 1.165) is 16.7 Å². The highest BCUT2D eigenvalue weighted by atomic mass is 32.2. The lowest BCUT2D eigenvalue weighted by Crippen LogP contribution is -2.31. The van der Waals surface area contributed by atoms with E-state index in [2.05, 4.69) is 27.6 Å². The number of nitrogens with zero attached hydrogens (tertiary/aromatic N) is 2. The fraction of sp³-hybridized carbons (Fsp3) is 0.174. The van der Waals surface area contributed by atoms with E-state index in [4.69, 9.17) is 8.83 Å². The topological polar surface area (TPSA) is 81.2 Å². The molecular formula is C23H21N3O3S. The maximum Gasteiger partial charge on any atom is 0.277 e. The number of benzene rings is 2. The van der Waals surface area contributed by atoms with Crippen LogP contribution in [-0.4, -0.2) is 21.9 Å². The first-order valence-corrected chi connectivity index (χ1v) is 10.6. The standard InChI is InChI=1S/C23H21N3O3S/c1-16-19(12-13-28-16)22-25-26-23(29-22)30-15-21(27)24-20(18-10-6-3-7-11-18)14-17-8-4-2-5-9-17/h2-13,20H,14-15H2,1H3,(H,24,27)/t20-/m0/s1. The zero-order valence-electron chi connectivity index (χ0n) is 16.4. The van der Waals surface area contributed by atoms with Gasteiger partial charge in [0.05, 0.1) is 23.6 Å². The Balaban J connectivity index is 1.39. The van der Waals surface area contributed by atoms with E-state index in [1.54, 1.807) is 12.3 Å². The summed E-state index contributed by atoms with van der Waals surface area (Å²) in [7, 11) is 0. The first-order chi connectivity index (χ1) is 14.7. The Morgan fingerprint density at radius 1 is 1.03 bits per heavy atom. The number of rotatable bonds is 8. The molecule has 30 heavy (non-hydrogen) atoms. The number of hydrogen-bond acceptors (Lipinski definition) is 6. The lowest BCUT2D eigenvalue weighted by atomic mass is 9.99. The minimum absolute atomic E-state index is 0.0935. The van der Waals surface area contributed by atoms with Crippen molar-refractivity contribution in [3.05, 3.63) is 89.9 Å². The van der Waals surface area contributed by atoms with Gasteiger partial charge in [0.1, 0.15) is 5.76 Å². The van der Waals surface area contributed by atoms with Crippen molar-refractivity contribution in [3.8, 4) is 11.5 Å². The minimum atomic E-state index is -0.117. The first kappa shape index (κ1) is 20.0. The molecule has 2 aromatic carbocycles. The Morgan fingerprint density at radius 2 is 1.77 bits per heavy atom. The molecule has 1 N–H and O–H groups in total. The van der Waals surface area contributed by atoms with Gasteiger partial charge in [-0.25, -0.2) is 0 Å². The molecule has 0 radical (unpaired) electrons. The summed E-state index contributed by atoms with van der Waals surface area (Å²) in [5.41, 5.74) is 2.98. The Hall–Kier alpha value is -3.32. The van der Waals surface area contributed by atoms with Gasteiger partial charge in [-0.1, -0.05) is 72.4 Å². The molecule has 1 atom stereocenters. The molecule has 0 spiro atoms. The fourth-order valence-corrected chi connectivity index (χ4v) is 3.71. The molecule has 152 valence electrons. The first-order valence-electron chi connectivity index (χ1n) is 9.58. The lowest BCUT2D eigenvalue weighted by Gasteiger charge is -2.19. The van der Waals surface area contributed by atoms with Gasteiger partial charge in [0.15, 0.2) is 0 Å². The van der Waals surface area contributed by atoms with E-state index in [-0.39, 0.29) is 17.7 Å². The van der Waals surface area contributed by atoms with E-state index >= 15 is 0 Å². The van der Waals surface area contributed by atoms with E-state index in [1.807, 2.05) is 55.5 Å². The number of aryl methyl sites for hydroxylation is 1. The normalized spacial score (nSPS) is 11.9. The third kappa shape index (κ3) is 4.99. The quantitative estimate of drug-likeness (QED) is 0.412. The van der Waals surface area contributed by atoms with Gasteiger partial charge in [-0.3, -0.25) is 4.79 Å². The molecule has 0 unspecified atom stereocenters. The smallest absolute Gasteiger partial charge is 0.277 e. The van der Waals surface area contributed by atoms with Gasteiger partial charge in [0, 0.05) is 0 Å². The number of nitrogens with one attached hydrogen (secondary N) is 1. The molecule has 0 aliphatic rings. The number of aromatic nitrogens is 2. The molecule has 2 aromatic heterocycles. The molecule has 6 nitrogen and oxygen atoms in total. The second-order valence-corrected chi connectivity index (χ2v) is 7.70. The van der Waals surface area contributed by atoms with Gasteiger partial charge < -0.3 is 14.2 Å². The highest BCUT2D eigenvalue weighted by Gasteiger charge is 2.18. The average Bonchev–Trinajstić information content (AvgIpc) is 3.42. The molecule has 0 bridgehead atoms. The summed E-state index contributed by atoms with van der Waals surface area (Å²) in [6, 6.07) is 21.8. The summed E-state index contributed by atoms with van der Waals surface area (Å²) in [6.45, 7) is 1.83. The van der Waals surface area contributed by atoms with Crippen molar-refractivity contribution in [2.75, 3.05) is 5.75 Å². The van der Waals surface area contributed by atoms with Crippen LogP contribution in [0.25, 0.3) is 11.5 Å². The third-order valence-electron chi connectivity index (χ3n) is 4.64. The number of amides is 1. The summed E-state index contributed by atoms with van der Waals surface area (Å²) in [5.74, 6) is 1.18. The van der Waals surface area contributed by atoms with Crippen LogP contribution in [0.5, 0.6) is 0 Å². The van der Waals surface area contributed by atoms with Crippen molar-refractivity contribution in [2.24, 2.45) is 0 Å². The largest absolute Gasteiger partial charge is 0.469 e. The Labute approximate surface area is 178 Å². The van der Waals surface area contributed by atoms with Crippen LogP contribution in [0.2, 0.25) is 0 Å². The summed E-state index contributed by atoms with van der Waals surface area (Å²) in [6.07, 6.45) is 2.29. The highest BCUT2D eigenvalue weighted by Crippen LogP contribution is 2.26. The molecule has 0 aliphatic heterocycles. The van der Waals surface area contributed by atoms with Crippen LogP contribution in [0.15, 0.2) is 87.1 Å². The summed E-state index contributed by atoms with van der Waals surface area (Å²) < 4.78 is 10.9. The summed E-state index contributed by atoms with van der Waals surface area (Å²) >= 11 is 1.21. The van der Waals surface area contributed by atoms with Crippen LogP contribution in [0.4, 0.5) is 0 Å². The molecule has 2 heterocycles. The average molecular weight is 420 g/mol. The lowest BCUT2D eigenvalue weighted by molar-refractivity contribution is -0.119. The third-order valence-corrected chi connectivity index (χ3v) is 5.46. The molecule has 0 saturated carbocycles. The van der Waals surface area contributed by atoms with Gasteiger partial charge in [-0.15, -0.1) is 10.2 Å². The Kier molecular flexibility index (Phi) is 6.29. The van der Waals surface area contributed by atoms with Crippen molar-refractivity contribution in [3.63, 3.8) is 0 Å². The maximum atomic E-state index is 12.6. The summed E-state index contributed by atoms with van der Waals surface area (Å²) in [5, 5.41) is 11.5. The molecule has 0 saturated heterocycles. The number of furan rings is 1. The van der Waals surface area contributed by atoms with Crippen molar-refractivity contribution in [1.82, 2.24) is 15.5 Å². The van der Waals surface area contributed by atoms with Gasteiger partial charge >= 0.3 is 0 Å². The molecule has 4 aromatic rings. The monoisotopic (exact) mass is 419 g/mol. The number of carbonyl (C=O) groups is 1. The van der Waals surface area contributed by atoms with E-state index < -0.39 is 0 Å². The van der Waals surface area contributed by atoms with Gasteiger partial charge in [0.25, 0.3) is 11.1 Å². The minimum Gasteiger partial charge on any atom is -0.469 e. The van der Waals surface area contributed by atoms with Crippen molar-refractivity contribution < 1.29 is 13.6 Å². The SMILES string of the molecule is Cc1occc1-c1nnc(SCC(=O)N[C@@H](Cc2ccccc2)c2ccccc2)o1. The van der Waals surface area contributed by atoms with E-state index in [9.17, 15) is 4.79 Å². The van der Waals surface area contributed by atoms with Crippen LogP contribution >= 0.6 is 11.8 Å². The number of thioether (sulfide) groups is 1. The van der Waals surface area contributed by atoms with Crippen molar-refractivity contribution >= 4 is 17.7 Å². The van der Waals surface area contributed by atoms with E-state index in [1.165, 1.54) is 11.8 Å². The second kappa shape index (κ2) is 9.45. The molecule has 7 heteroatoms. The summed E-state index contributed by atoms with van der Waals surface area (Å²) in [4.78, 5) is 12.6. The highest BCUT2D eigenvalue weighted by molar-refractivity contribution is 7.99. The zero-order chi connectivity index (χ0) is 20.8. The maximum absolute atomic E-state index is 12.6. The number of carbonyl (C=O) groups excluding carboxylic acids is 1. The van der Waals surface area contributed by atoms with Gasteiger partial charge in [-0.2, -0.15) is 0 Å². The van der Waals surface area contributed by atoms with Crippen LogP contribution < -0.4 is 5.32 Å². The van der Waals surface area contributed by atoms with Gasteiger partial charge in [-0.05, 0) is 30.5 Å².